The van der Waals surface area contributed by atoms with Gasteiger partial charge >= 0.3 is 0 Å². The van der Waals surface area contributed by atoms with E-state index in [1.54, 1.807) is 13.1 Å². The molecular formula is C18H23N3O2S. The highest BCUT2D eigenvalue weighted by Gasteiger charge is 2.18. The second-order valence-electron chi connectivity index (χ2n) is 6.31. The van der Waals surface area contributed by atoms with Gasteiger partial charge in [-0.1, -0.05) is 29.8 Å². The number of nitrogens with zero attached hydrogens (tertiary/aromatic N) is 3. The fraction of sp³-hybridized carbons (Fsp3) is 0.389. The zero-order valence-corrected chi connectivity index (χ0v) is 15.0. The molecule has 24 heavy (non-hydrogen) atoms. The first kappa shape index (κ1) is 16.9. The topological polar surface area (TPSA) is 55.2 Å². The Bertz CT molecular complexity index is 812. The van der Waals surface area contributed by atoms with Crippen LogP contribution in [0.3, 0.4) is 0 Å². The smallest absolute Gasteiger partial charge is 0.236 e. The highest BCUT2D eigenvalue weighted by molar-refractivity contribution is 7.92. The van der Waals surface area contributed by atoms with Gasteiger partial charge in [-0.15, -0.1) is 0 Å². The van der Waals surface area contributed by atoms with Gasteiger partial charge in [0.25, 0.3) is 0 Å². The maximum Gasteiger partial charge on any atom is 0.236 e. The number of aromatic nitrogens is 2. The first-order valence-electron chi connectivity index (χ1n) is 8.20. The van der Waals surface area contributed by atoms with Gasteiger partial charge < -0.3 is 4.57 Å². The zero-order chi connectivity index (χ0) is 17.2. The van der Waals surface area contributed by atoms with Crippen molar-refractivity contribution in [3.05, 3.63) is 58.5 Å². The van der Waals surface area contributed by atoms with Crippen molar-refractivity contribution in [2.45, 2.75) is 39.3 Å². The summed E-state index contributed by atoms with van der Waals surface area (Å²) in [6, 6.07) is 7.74. The van der Waals surface area contributed by atoms with Crippen molar-refractivity contribution in [3.8, 4) is 0 Å². The van der Waals surface area contributed by atoms with Crippen LogP contribution >= 0.6 is 0 Å². The lowest BCUT2D eigenvalue weighted by molar-refractivity contribution is 0.471. The summed E-state index contributed by atoms with van der Waals surface area (Å²) in [5, 5.41) is 1.26. The fourth-order valence-corrected chi connectivity index (χ4v) is 3.66. The van der Waals surface area contributed by atoms with Crippen LogP contribution in [-0.4, -0.2) is 29.3 Å². The quantitative estimate of drug-likeness (QED) is 0.837. The molecule has 0 radical (unpaired) electrons. The SMILES string of the molecule is Cc1ccc(/C=C/S(=O)(=O)N(C)Cc2cn3c(n2)CCCC3)cc1. The Labute approximate surface area is 143 Å². The molecule has 0 fully saturated rings. The molecule has 0 N–H and O–H groups in total. The molecule has 0 unspecified atom stereocenters. The van der Waals surface area contributed by atoms with Gasteiger partial charge in [-0.05, 0) is 31.4 Å². The molecular weight excluding hydrogens is 322 g/mol. The molecule has 1 aliphatic heterocycles. The molecule has 128 valence electrons. The summed E-state index contributed by atoms with van der Waals surface area (Å²) in [6.45, 7) is 3.27. The molecule has 3 rings (SSSR count). The van der Waals surface area contributed by atoms with Gasteiger partial charge in [0.05, 0.1) is 12.2 Å². The number of imidazole rings is 1. The molecule has 1 aromatic heterocycles. The summed E-state index contributed by atoms with van der Waals surface area (Å²) >= 11 is 0. The number of hydrogen-bond donors (Lipinski definition) is 0. The molecule has 2 heterocycles. The Balaban J connectivity index is 1.69. The van der Waals surface area contributed by atoms with Gasteiger partial charge in [0, 0.05) is 31.6 Å². The summed E-state index contributed by atoms with van der Waals surface area (Å²) in [5.74, 6) is 1.07. The van der Waals surface area contributed by atoms with E-state index in [1.807, 2.05) is 37.4 Å². The van der Waals surface area contributed by atoms with E-state index in [9.17, 15) is 8.42 Å². The average molecular weight is 345 g/mol. The van der Waals surface area contributed by atoms with E-state index in [1.165, 1.54) is 9.71 Å². The van der Waals surface area contributed by atoms with Gasteiger partial charge in [0.2, 0.25) is 10.0 Å². The van der Waals surface area contributed by atoms with Crippen LogP contribution in [0.2, 0.25) is 0 Å². The normalized spacial score (nSPS) is 15.1. The number of benzene rings is 1. The van der Waals surface area contributed by atoms with Crippen molar-refractivity contribution in [1.82, 2.24) is 13.9 Å². The molecule has 6 heteroatoms. The van der Waals surface area contributed by atoms with Crippen LogP contribution in [0.15, 0.2) is 35.9 Å². The van der Waals surface area contributed by atoms with Crippen molar-refractivity contribution in [2.75, 3.05) is 7.05 Å². The van der Waals surface area contributed by atoms with Gasteiger partial charge in [-0.3, -0.25) is 0 Å². The Morgan fingerprint density at radius 2 is 2.00 bits per heavy atom. The van der Waals surface area contributed by atoms with Crippen LogP contribution in [-0.2, 0) is 29.5 Å². The molecule has 2 aromatic rings. The van der Waals surface area contributed by atoms with Gasteiger partial charge in [-0.2, -0.15) is 4.31 Å². The number of aryl methyl sites for hydroxylation is 3. The van der Waals surface area contributed by atoms with Gasteiger partial charge in [-0.25, -0.2) is 13.4 Å². The summed E-state index contributed by atoms with van der Waals surface area (Å²) in [5.41, 5.74) is 2.83. The summed E-state index contributed by atoms with van der Waals surface area (Å²) in [4.78, 5) is 4.57. The largest absolute Gasteiger partial charge is 0.335 e. The van der Waals surface area contributed by atoms with E-state index in [0.29, 0.717) is 6.54 Å². The van der Waals surface area contributed by atoms with E-state index >= 15 is 0 Å². The average Bonchev–Trinajstić information content (AvgIpc) is 2.96. The molecule has 0 atom stereocenters. The second kappa shape index (κ2) is 6.91. The number of fused-ring (bicyclic) bond motifs is 1. The summed E-state index contributed by atoms with van der Waals surface area (Å²) in [7, 11) is -1.87. The Morgan fingerprint density at radius 3 is 2.71 bits per heavy atom. The second-order valence-corrected chi connectivity index (χ2v) is 8.24. The van der Waals surface area contributed by atoms with Crippen molar-refractivity contribution >= 4 is 16.1 Å². The lowest BCUT2D eigenvalue weighted by atomic mass is 10.2. The minimum Gasteiger partial charge on any atom is -0.335 e. The standard InChI is InChI=1S/C18H23N3O2S/c1-15-6-8-16(9-7-15)10-12-24(22,23)20(2)13-17-14-21-11-4-3-5-18(21)19-17/h6-10,12,14H,3-5,11,13H2,1-2H3/b12-10+. The van der Waals surface area contributed by atoms with Crippen LogP contribution < -0.4 is 0 Å². The lowest BCUT2D eigenvalue weighted by Crippen LogP contribution is -2.24. The van der Waals surface area contributed by atoms with Gasteiger partial charge in [0.1, 0.15) is 5.82 Å². The summed E-state index contributed by atoms with van der Waals surface area (Å²) in [6.07, 6.45) is 6.90. The molecule has 0 spiro atoms. The van der Waals surface area contributed by atoms with Crippen molar-refractivity contribution < 1.29 is 8.42 Å². The third-order valence-electron chi connectivity index (χ3n) is 4.29. The predicted octanol–water partition coefficient (Wildman–Crippen LogP) is 2.96. The van der Waals surface area contributed by atoms with Crippen LogP contribution in [0.5, 0.6) is 0 Å². The maximum atomic E-state index is 12.4. The minimum absolute atomic E-state index is 0.292. The van der Waals surface area contributed by atoms with Crippen molar-refractivity contribution in [2.24, 2.45) is 0 Å². The van der Waals surface area contributed by atoms with Gasteiger partial charge in [0.15, 0.2) is 0 Å². The van der Waals surface area contributed by atoms with E-state index in [0.717, 1.165) is 48.5 Å². The highest BCUT2D eigenvalue weighted by atomic mass is 32.2. The number of hydrogen-bond acceptors (Lipinski definition) is 3. The number of sulfonamides is 1. The zero-order valence-electron chi connectivity index (χ0n) is 14.1. The summed E-state index contributed by atoms with van der Waals surface area (Å²) < 4.78 is 28.3. The Morgan fingerprint density at radius 1 is 1.25 bits per heavy atom. The third-order valence-corrected chi connectivity index (χ3v) is 5.77. The van der Waals surface area contributed by atoms with Crippen LogP contribution in [0.1, 0.15) is 35.5 Å². The van der Waals surface area contributed by atoms with E-state index < -0.39 is 10.0 Å². The fourth-order valence-electron chi connectivity index (χ4n) is 2.81. The van der Waals surface area contributed by atoms with Crippen LogP contribution in [0.4, 0.5) is 0 Å². The first-order valence-corrected chi connectivity index (χ1v) is 9.70. The van der Waals surface area contributed by atoms with Crippen LogP contribution in [0, 0.1) is 6.92 Å². The molecule has 1 aromatic carbocycles. The molecule has 1 aliphatic rings. The molecule has 5 nitrogen and oxygen atoms in total. The van der Waals surface area contributed by atoms with Crippen LogP contribution in [0.25, 0.3) is 6.08 Å². The lowest BCUT2D eigenvalue weighted by Gasteiger charge is -2.12. The van der Waals surface area contributed by atoms with Crippen molar-refractivity contribution in [3.63, 3.8) is 0 Å². The predicted molar refractivity (Wildman–Crippen MR) is 95.8 cm³/mol. The van der Waals surface area contributed by atoms with E-state index in [2.05, 4.69) is 9.55 Å². The molecule has 0 saturated carbocycles. The number of rotatable bonds is 5. The Kier molecular flexibility index (Phi) is 4.87. The molecule has 0 bridgehead atoms. The first-order chi connectivity index (χ1) is 11.4. The third kappa shape index (κ3) is 3.94. The highest BCUT2D eigenvalue weighted by Crippen LogP contribution is 2.16. The molecule has 0 amide bonds. The monoisotopic (exact) mass is 345 g/mol. The van der Waals surface area contributed by atoms with E-state index in [-0.39, 0.29) is 0 Å². The Hall–Kier alpha value is -1.92. The molecule has 0 saturated heterocycles. The maximum absolute atomic E-state index is 12.4. The minimum atomic E-state index is -3.46. The van der Waals surface area contributed by atoms with E-state index in [4.69, 9.17) is 0 Å². The molecule has 0 aliphatic carbocycles. The van der Waals surface area contributed by atoms with Crippen molar-refractivity contribution in [1.29, 1.82) is 0 Å².